The highest BCUT2D eigenvalue weighted by Gasteiger charge is 2.24. The highest BCUT2D eigenvalue weighted by molar-refractivity contribution is 7.85. The van der Waals surface area contributed by atoms with Crippen LogP contribution in [-0.4, -0.2) is 37.1 Å². The topological polar surface area (TPSA) is 113 Å². The normalized spacial score (nSPS) is 15.1. The number of hydrogen-bond donors (Lipinski definition) is 3. The summed E-state index contributed by atoms with van der Waals surface area (Å²) in [5.41, 5.74) is 9.19. The predicted octanol–water partition coefficient (Wildman–Crippen LogP) is 8.83. The highest BCUT2D eigenvalue weighted by Crippen LogP contribution is 2.38. The first-order valence-corrected chi connectivity index (χ1v) is 18.8. The molecule has 0 saturated heterocycles. The van der Waals surface area contributed by atoms with Gasteiger partial charge in [0.25, 0.3) is 16.0 Å². The zero-order chi connectivity index (χ0) is 36.1. The van der Waals surface area contributed by atoms with Crippen molar-refractivity contribution >= 4 is 33.2 Å². The maximum absolute atomic E-state index is 14.0. The number of rotatable bonds is 11. The average molecular weight is 693 g/mol. The Kier molecular flexibility index (Phi) is 11.1. The van der Waals surface area contributed by atoms with Crippen LogP contribution in [0.15, 0.2) is 103 Å². The molecule has 1 aliphatic rings. The molecule has 0 aromatic heterocycles. The molecule has 4 aromatic rings. The van der Waals surface area contributed by atoms with Gasteiger partial charge in [-0.15, -0.1) is 0 Å². The Morgan fingerprint density at radius 2 is 1.40 bits per heavy atom. The summed E-state index contributed by atoms with van der Waals surface area (Å²) in [5.74, 6) is -1.65. The van der Waals surface area contributed by atoms with Crippen LogP contribution in [0.3, 0.4) is 0 Å². The molecule has 0 saturated carbocycles. The molecule has 0 aliphatic heterocycles. The average Bonchev–Trinajstić information content (AvgIpc) is 3.07. The molecule has 7 nitrogen and oxygen atoms in total. The molecule has 0 bridgehead atoms. The fourth-order valence-electron chi connectivity index (χ4n) is 6.19. The van der Waals surface area contributed by atoms with Gasteiger partial charge in [-0.1, -0.05) is 113 Å². The largest absolute Gasteiger partial charge is 0.351 e. The van der Waals surface area contributed by atoms with E-state index in [-0.39, 0.29) is 17.9 Å². The van der Waals surface area contributed by atoms with E-state index in [1.54, 1.807) is 24.3 Å². The lowest BCUT2D eigenvalue weighted by molar-refractivity contribution is -0.117. The van der Waals surface area contributed by atoms with Crippen LogP contribution in [0.2, 0.25) is 0 Å². The lowest BCUT2D eigenvalue weighted by Gasteiger charge is -2.28. The molecule has 1 aliphatic carbocycles. The van der Waals surface area contributed by atoms with E-state index in [0.29, 0.717) is 17.4 Å². The Bertz CT molecular complexity index is 1940. The van der Waals surface area contributed by atoms with Crippen molar-refractivity contribution in [3.63, 3.8) is 0 Å². The molecule has 4 aromatic carbocycles. The molecule has 262 valence electrons. The smallest absolute Gasteiger partial charge is 0.266 e. The first-order chi connectivity index (χ1) is 23.6. The second kappa shape index (κ2) is 15.2. The standard InChI is InChI=1S/C42H48N2O5S/c1-41(2,3)36-18-14-31(15-19-36)30-10-12-34(13-11-30)38(28-29-6-8-35(9-7-29)39(45)43-26-27-50(47,48)49)40(46)44-37-20-16-32(17-21-37)33-22-24-42(4,5)25-23-33/h6-22,38H,23-28H2,1-5H3,(H,43,45)(H,44,46)(H,47,48,49). The van der Waals surface area contributed by atoms with Crippen LogP contribution in [0.1, 0.15) is 92.4 Å². The first-order valence-electron chi connectivity index (χ1n) is 17.2. The predicted molar refractivity (Wildman–Crippen MR) is 203 cm³/mol. The molecule has 0 fully saturated rings. The van der Waals surface area contributed by atoms with E-state index < -0.39 is 27.7 Å². The van der Waals surface area contributed by atoms with Gasteiger partial charge in [0.15, 0.2) is 0 Å². The molecule has 3 N–H and O–H groups in total. The highest BCUT2D eigenvalue weighted by atomic mass is 32.2. The van der Waals surface area contributed by atoms with Gasteiger partial charge < -0.3 is 10.6 Å². The van der Waals surface area contributed by atoms with Crippen molar-refractivity contribution in [2.24, 2.45) is 5.41 Å². The fourth-order valence-corrected chi connectivity index (χ4v) is 6.55. The molecule has 8 heteroatoms. The van der Waals surface area contributed by atoms with E-state index in [4.69, 9.17) is 4.55 Å². The number of carbonyl (C=O) groups is 2. The van der Waals surface area contributed by atoms with Crippen molar-refractivity contribution in [2.45, 2.75) is 71.6 Å². The molecule has 2 amide bonds. The van der Waals surface area contributed by atoms with Crippen molar-refractivity contribution < 1.29 is 22.6 Å². The van der Waals surface area contributed by atoms with Gasteiger partial charge in [0.1, 0.15) is 0 Å². The third-order valence-electron chi connectivity index (χ3n) is 9.51. The van der Waals surface area contributed by atoms with Crippen molar-refractivity contribution in [1.82, 2.24) is 5.32 Å². The maximum atomic E-state index is 14.0. The number of nitrogens with one attached hydrogen (secondary N) is 2. The molecular formula is C42H48N2O5S. The minimum absolute atomic E-state index is 0.0682. The second-order valence-corrected chi connectivity index (χ2v) is 16.7. The third-order valence-corrected chi connectivity index (χ3v) is 10.2. The van der Waals surface area contributed by atoms with Crippen LogP contribution < -0.4 is 10.6 Å². The minimum Gasteiger partial charge on any atom is -0.351 e. The van der Waals surface area contributed by atoms with E-state index in [1.165, 1.54) is 16.7 Å². The van der Waals surface area contributed by atoms with Crippen LogP contribution >= 0.6 is 0 Å². The van der Waals surface area contributed by atoms with Crippen molar-refractivity contribution in [3.05, 3.63) is 131 Å². The lowest BCUT2D eigenvalue weighted by atomic mass is 9.77. The van der Waals surface area contributed by atoms with Gasteiger partial charge in [0, 0.05) is 17.8 Å². The fraction of sp³-hybridized carbons (Fsp3) is 0.333. The van der Waals surface area contributed by atoms with Gasteiger partial charge >= 0.3 is 0 Å². The Hall–Kier alpha value is -4.53. The first kappa shape index (κ1) is 36.7. The van der Waals surface area contributed by atoms with Crippen molar-refractivity contribution in [3.8, 4) is 11.1 Å². The van der Waals surface area contributed by atoms with Crippen LogP contribution in [0.5, 0.6) is 0 Å². The molecular weight excluding hydrogens is 645 g/mol. The zero-order valence-corrected chi connectivity index (χ0v) is 30.4. The quantitative estimate of drug-likeness (QED) is 0.136. The van der Waals surface area contributed by atoms with Crippen LogP contribution in [-0.2, 0) is 26.7 Å². The van der Waals surface area contributed by atoms with Gasteiger partial charge in [-0.25, -0.2) is 0 Å². The summed E-state index contributed by atoms with van der Waals surface area (Å²) in [6, 6.07) is 31.7. The molecule has 1 unspecified atom stereocenters. The third kappa shape index (κ3) is 10.0. The number of anilines is 1. The van der Waals surface area contributed by atoms with E-state index in [9.17, 15) is 18.0 Å². The number of hydrogen-bond acceptors (Lipinski definition) is 4. The van der Waals surface area contributed by atoms with Gasteiger partial charge in [0.2, 0.25) is 5.91 Å². The Labute approximate surface area is 297 Å². The van der Waals surface area contributed by atoms with Gasteiger partial charge in [-0.2, -0.15) is 8.42 Å². The molecule has 0 spiro atoms. The zero-order valence-electron chi connectivity index (χ0n) is 29.6. The molecule has 5 rings (SSSR count). The van der Waals surface area contributed by atoms with Gasteiger partial charge in [0.05, 0.1) is 11.7 Å². The number of benzene rings is 4. The van der Waals surface area contributed by atoms with Crippen LogP contribution in [0.4, 0.5) is 5.69 Å². The minimum atomic E-state index is -4.17. The summed E-state index contributed by atoms with van der Waals surface area (Å²) in [4.78, 5) is 26.5. The number of allylic oxidation sites excluding steroid dienone is 2. The van der Waals surface area contributed by atoms with Gasteiger partial charge in [-0.3, -0.25) is 14.1 Å². The molecule has 0 heterocycles. The molecule has 50 heavy (non-hydrogen) atoms. The number of carbonyl (C=O) groups excluding carboxylic acids is 2. The monoisotopic (exact) mass is 692 g/mol. The Morgan fingerprint density at radius 3 is 1.94 bits per heavy atom. The number of amides is 2. The summed E-state index contributed by atoms with van der Waals surface area (Å²) >= 11 is 0. The summed E-state index contributed by atoms with van der Waals surface area (Å²) in [7, 11) is -4.17. The summed E-state index contributed by atoms with van der Waals surface area (Å²) < 4.78 is 30.9. The van der Waals surface area contributed by atoms with E-state index in [0.717, 1.165) is 47.2 Å². The van der Waals surface area contributed by atoms with Crippen molar-refractivity contribution in [1.29, 1.82) is 0 Å². The van der Waals surface area contributed by atoms with Crippen molar-refractivity contribution in [2.75, 3.05) is 17.6 Å². The van der Waals surface area contributed by atoms with Crippen LogP contribution in [0, 0.1) is 5.41 Å². The summed E-state index contributed by atoms with van der Waals surface area (Å²) in [5, 5.41) is 5.64. The Morgan fingerprint density at radius 1 is 0.820 bits per heavy atom. The second-order valence-electron chi connectivity index (χ2n) is 15.1. The van der Waals surface area contributed by atoms with E-state index in [2.05, 4.69) is 99.9 Å². The lowest BCUT2D eigenvalue weighted by Crippen LogP contribution is -2.28. The van der Waals surface area contributed by atoms with E-state index >= 15 is 0 Å². The SMILES string of the molecule is CC1(C)CC=C(c2ccc(NC(=O)C(Cc3ccc(C(=O)NCCS(=O)(=O)O)cc3)c3ccc(-c4ccc(C(C)(C)C)cc4)cc3)cc2)CC1. The molecule has 0 radical (unpaired) electrons. The summed E-state index contributed by atoms with van der Waals surface area (Å²) in [6.07, 6.45) is 5.99. The molecule has 1 atom stereocenters. The van der Waals surface area contributed by atoms with E-state index in [1.807, 2.05) is 24.3 Å². The summed E-state index contributed by atoms with van der Waals surface area (Å²) in [6.45, 7) is 11.0. The maximum Gasteiger partial charge on any atom is 0.266 e. The Balaban J connectivity index is 1.35. The van der Waals surface area contributed by atoms with Crippen LogP contribution in [0.25, 0.3) is 16.7 Å². The van der Waals surface area contributed by atoms with Gasteiger partial charge in [-0.05, 0) is 99.7 Å².